The summed E-state index contributed by atoms with van der Waals surface area (Å²) in [7, 11) is 0. The number of rotatable bonds is 7. The lowest BCUT2D eigenvalue weighted by molar-refractivity contribution is -0.142. The molecule has 0 heterocycles. The van der Waals surface area contributed by atoms with E-state index in [1.165, 1.54) is 0 Å². The van der Waals surface area contributed by atoms with Crippen molar-refractivity contribution in [1.29, 1.82) is 0 Å². The third kappa shape index (κ3) is 6.59. The highest BCUT2D eigenvalue weighted by molar-refractivity contribution is 5.79. The molecule has 0 rings (SSSR count). The lowest BCUT2D eigenvalue weighted by Crippen LogP contribution is -2.40. The summed E-state index contributed by atoms with van der Waals surface area (Å²) in [5, 5.41) is 11.8. The molecule has 0 fully saturated rings. The van der Waals surface area contributed by atoms with E-state index in [4.69, 9.17) is 10.8 Å². The Morgan fingerprint density at radius 3 is 2.17 bits per heavy atom. The number of aliphatic carboxylic acids is 1. The molecule has 2 atom stereocenters. The summed E-state index contributed by atoms with van der Waals surface area (Å²) in [4.78, 5) is 22.8. The third-order valence-corrected chi connectivity index (χ3v) is 2.88. The van der Waals surface area contributed by atoms with Gasteiger partial charge in [-0.1, -0.05) is 27.7 Å². The van der Waals surface area contributed by atoms with Crippen molar-refractivity contribution in [2.45, 2.75) is 40.5 Å². The van der Waals surface area contributed by atoms with Crippen LogP contribution in [0.3, 0.4) is 0 Å². The van der Waals surface area contributed by atoms with Crippen molar-refractivity contribution >= 4 is 11.9 Å². The number of carboxylic acids is 1. The van der Waals surface area contributed by atoms with Gasteiger partial charge in [-0.25, -0.2) is 0 Å². The van der Waals surface area contributed by atoms with E-state index in [0.29, 0.717) is 19.4 Å². The van der Waals surface area contributed by atoms with Gasteiger partial charge in [0.15, 0.2) is 0 Å². The van der Waals surface area contributed by atoms with Gasteiger partial charge in [-0.2, -0.15) is 0 Å². The molecule has 18 heavy (non-hydrogen) atoms. The Labute approximate surface area is 109 Å². The highest BCUT2D eigenvalue weighted by Gasteiger charge is 2.25. The van der Waals surface area contributed by atoms with E-state index in [1.807, 2.05) is 27.7 Å². The molecule has 0 aliphatic carbocycles. The number of carbonyl (C=O) groups excluding carboxylic acids is 1. The van der Waals surface area contributed by atoms with Crippen LogP contribution in [-0.4, -0.2) is 30.1 Å². The zero-order valence-corrected chi connectivity index (χ0v) is 11.8. The lowest BCUT2D eigenvalue weighted by Gasteiger charge is -2.24. The summed E-state index contributed by atoms with van der Waals surface area (Å²) in [6.07, 6.45) is 1.20. The summed E-state index contributed by atoms with van der Waals surface area (Å²) in [6, 6.07) is 0. The average Bonchev–Trinajstić information content (AvgIpc) is 2.24. The van der Waals surface area contributed by atoms with Gasteiger partial charge >= 0.3 is 5.97 Å². The fraction of sp³-hybridized carbons (Fsp3) is 0.846. The molecular formula is C13H26N2O3. The first-order chi connectivity index (χ1) is 8.21. The van der Waals surface area contributed by atoms with Gasteiger partial charge in [0.25, 0.3) is 0 Å². The van der Waals surface area contributed by atoms with Crippen LogP contribution in [0.4, 0.5) is 0 Å². The number of nitrogens with one attached hydrogen (secondary N) is 1. The molecule has 0 aliphatic rings. The summed E-state index contributed by atoms with van der Waals surface area (Å²) in [5.41, 5.74) is 5.40. The second-order valence-corrected chi connectivity index (χ2v) is 5.89. The maximum Gasteiger partial charge on any atom is 0.308 e. The zero-order valence-electron chi connectivity index (χ0n) is 11.8. The van der Waals surface area contributed by atoms with Crippen molar-refractivity contribution in [2.75, 3.05) is 13.1 Å². The molecule has 0 saturated carbocycles. The van der Waals surface area contributed by atoms with E-state index in [9.17, 15) is 9.59 Å². The van der Waals surface area contributed by atoms with Gasteiger partial charge in [0.1, 0.15) is 0 Å². The number of amides is 1. The molecule has 0 aromatic carbocycles. The van der Waals surface area contributed by atoms with E-state index in [0.717, 1.165) is 0 Å². The molecule has 1 amide bonds. The van der Waals surface area contributed by atoms with Crippen LogP contribution in [0, 0.1) is 17.3 Å². The number of nitrogens with two attached hydrogens (primary N) is 1. The van der Waals surface area contributed by atoms with Crippen molar-refractivity contribution in [3.8, 4) is 0 Å². The van der Waals surface area contributed by atoms with Crippen LogP contribution in [0.5, 0.6) is 0 Å². The SMILES string of the molecule is CCC(CN)C(=O)NCC(CC(C)(C)C)C(=O)O. The summed E-state index contributed by atoms with van der Waals surface area (Å²) in [6.45, 7) is 8.31. The van der Waals surface area contributed by atoms with Crippen LogP contribution in [-0.2, 0) is 9.59 Å². The minimum atomic E-state index is -0.869. The van der Waals surface area contributed by atoms with Crippen molar-refractivity contribution in [1.82, 2.24) is 5.32 Å². The molecule has 0 aliphatic heterocycles. The van der Waals surface area contributed by atoms with Crippen molar-refractivity contribution in [3.63, 3.8) is 0 Å². The summed E-state index contributed by atoms with van der Waals surface area (Å²) in [5.74, 6) is -1.80. The first-order valence-electron chi connectivity index (χ1n) is 6.41. The van der Waals surface area contributed by atoms with Crippen LogP contribution in [0.15, 0.2) is 0 Å². The van der Waals surface area contributed by atoms with Crippen LogP contribution in [0.1, 0.15) is 40.5 Å². The first kappa shape index (κ1) is 16.9. The minimum absolute atomic E-state index is 0.0776. The molecule has 0 radical (unpaired) electrons. The Bertz CT molecular complexity index is 280. The van der Waals surface area contributed by atoms with Crippen LogP contribution in [0.25, 0.3) is 0 Å². The molecule has 0 aromatic rings. The van der Waals surface area contributed by atoms with Crippen LogP contribution >= 0.6 is 0 Å². The van der Waals surface area contributed by atoms with Gasteiger partial charge < -0.3 is 16.2 Å². The maximum absolute atomic E-state index is 11.7. The van der Waals surface area contributed by atoms with E-state index in [2.05, 4.69) is 5.32 Å². The smallest absolute Gasteiger partial charge is 0.308 e. The largest absolute Gasteiger partial charge is 0.481 e. The van der Waals surface area contributed by atoms with Crippen LogP contribution < -0.4 is 11.1 Å². The lowest BCUT2D eigenvalue weighted by atomic mass is 9.84. The Morgan fingerprint density at radius 2 is 1.83 bits per heavy atom. The Morgan fingerprint density at radius 1 is 1.28 bits per heavy atom. The normalized spacial score (nSPS) is 14.9. The van der Waals surface area contributed by atoms with Crippen molar-refractivity contribution in [3.05, 3.63) is 0 Å². The summed E-state index contributed by atoms with van der Waals surface area (Å²) >= 11 is 0. The second kappa shape index (κ2) is 7.36. The highest BCUT2D eigenvalue weighted by atomic mass is 16.4. The molecule has 4 N–H and O–H groups in total. The molecule has 106 valence electrons. The van der Waals surface area contributed by atoms with E-state index < -0.39 is 11.9 Å². The van der Waals surface area contributed by atoms with E-state index >= 15 is 0 Å². The van der Waals surface area contributed by atoms with E-state index in [-0.39, 0.29) is 23.8 Å². The quantitative estimate of drug-likeness (QED) is 0.640. The minimum Gasteiger partial charge on any atom is -0.481 e. The highest BCUT2D eigenvalue weighted by Crippen LogP contribution is 2.24. The van der Waals surface area contributed by atoms with Crippen LogP contribution in [0.2, 0.25) is 0 Å². The third-order valence-electron chi connectivity index (χ3n) is 2.88. The van der Waals surface area contributed by atoms with Gasteiger partial charge in [-0.05, 0) is 18.3 Å². The standard InChI is InChI=1S/C13H26N2O3/c1-5-9(7-14)11(16)15-8-10(12(17)18)6-13(2,3)4/h9-10H,5-8,14H2,1-4H3,(H,15,16)(H,17,18). The molecule has 0 spiro atoms. The zero-order chi connectivity index (χ0) is 14.3. The monoisotopic (exact) mass is 258 g/mol. The molecule has 2 unspecified atom stereocenters. The molecule has 5 heteroatoms. The Kier molecular flexibility index (Phi) is 6.91. The molecule has 0 saturated heterocycles. The number of carboxylic acid groups (broad SMARTS) is 1. The van der Waals surface area contributed by atoms with Gasteiger partial charge in [0.05, 0.1) is 5.92 Å². The maximum atomic E-state index is 11.7. The first-order valence-corrected chi connectivity index (χ1v) is 6.41. The fourth-order valence-corrected chi connectivity index (χ4v) is 1.81. The fourth-order valence-electron chi connectivity index (χ4n) is 1.81. The topological polar surface area (TPSA) is 92.4 Å². The number of hydrogen-bond donors (Lipinski definition) is 3. The molecular weight excluding hydrogens is 232 g/mol. The van der Waals surface area contributed by atoms with Gasteiger partial charge in [0, 0.05) is 19.0 Å². The summed E-state index contributed by atoms with van der Waals surface area (Å²) < 4.78 is 0. The molecule has 0 bridgehead atoms. The predicted molar refractivity (Wildman–Crippen MR) is 71.0 cm³/mol. The molecule has 0 aromatic heterocycles. The van der Waals surface area contributed by atoms with Gasteiger partial charge in [0.2, 0.25) is 5.91 Å². The van der Waals surface area contributed by atoms with Crippen molar-refractivity contribution < 1.29 is 14.7 Å². The van der Waals surface area contributed by atoms with Gasteiger partial charge in [-0.3, -0.25) is 9.59 Å². The predicted octanol–water partition coefficient (Wildman–Crippen LogP) is 1.22. The Balaban J connectivity index is 4.36. The molecule has 5 nitrogen and oxygen atoms in total. The van der Waals surface area contributed by atoms with E-state index in [1.54, 1.807) is 0 Å². The number of hydrogen-bond acceptors (Lipinski definition) is 3. The second-order valence-electron chi connectivity index (χ2n) is 5.89. The average molecular weight is 258 g/mol. The number of carbonyl (C=O) groups is 2. The van der Waals surface area contributed by atoms with Gasteiger partial charge in [-0.15, -0.1) is 0 Å². The van der Waals surface area contributed by atoms with Crippen molar-refractivity contribution in [2.24, 2.45) is 23.0 Å². The Hall–Kier alpha value is -1.10.